The van der Waals surface area contributed by atoms with Crippen molar-refractivity contribution >= 4 is 5.69 Å². The van der Waals surface area contributed by atoms with Crippen molar-refractivity contribution in [1.82, 2.24) is 0 Å². The quantitative estimate of drug-likeness (QED) is 0.697. The first-order chi connectivity index (χ1) is 6.25. The standard InChI is InChI=1S/C10H13NO2/c1-7-2-3-10(9(11)4-7)13-8-5-12-6-8/h2-4,8H,5-6,11H2,1H3. The molecule has 0 aliphatic carbocycles. The average Bonchev–Trinajstić information content (AvgIpc) is 1.99. The lowest BCUT2D eigenvalue weighted by atomic mass is 10.2. The Bertz CT molecular complexity index is 308. The lowest BCUT2D eigenvalue weighted by molar-refractivity contribution is -0.0793. The molecule has 0 spiro atoms. The molecule has 13 heavy (non-hydrogen) atoms. The third-order valence-electron chi connectivity index (χ3n) is 2.07. The summed E-state index contributed by atoms with van der Waals surface area (Å²) in [6.45, 7) is 3.35. The molecule has 2 N–H and O–H groups in total. The summed E-state index contributed by atoms with van der Waals surface area (Å²) in [7, 11) is 0. The molecular formula is C10H13NO2. The second-order valence-corrected chi connectivity index (χ2v) is 3.32. The molecule has 0 atom stereocenters. The molecule has 0 bridgehead atoms. The highest BCUT2D eigenvalue weighted by Crippen LogP contribution is 2.24. The van der Waals surface area contributed by atoms with Crippen LogP contribution in [0.15, 0.2) is 18.2 Å². The SMILES string of the molecule is Cc1ccc(OC2COC2)c(N)c1. The number of rotatable bonds is 2. The van der Waals surface area contributed by atoms with Crippen molar-refractivity contribution in [1.29, 1.82) is 0 Å². The van der Waals surface area contributed by atoms with Crippen molar-refractivity contribution in [3.63, 3.8) is 0 Å². The first-order valence-corrected chi connectivity index (χ1v) is 4.36. The summed E-state index contributed by atoms with van der Waals surface area (Å²) in [5.41, 5.74) is 7.63. The summed E-state index contributed by atoms with van der Waals surface area (Å²) < 4.78 is 10.6. The summed E-state index contributed by atoms with van der Waals surface area (Å²) >= 11 is 0. The van der Waals surface area contributed by atoms with Crippen molar-refractivity contribution in [3.05, 3.63) is 23.8 Å². The van der Waals surface area contributed by atoms with Gasteiger partial charge in [0.2, 0.25) is 0 Å². The molecular weight excluding hydrogens is 166 g/mol. The van der Waals surface area contributed by atoms with Crippen LogP contribution in [0.5, 0.6) is 5.75 Å². The Balaban J connectivity index is 2.10. The van der Waals surface area contributed by atoms with Gasteiger partial charge in [-0.2, -0.15) is 0 Å². The minimum atomic E-state index is 0.185. The second kappa shape index (κ2) is 3.26. The molecule has 3 nitrogen and oxygen atoms in total. The van der Waals surface area contributed by atoms with Gasteiger partial charge in [-0.1, -0.05) is 6.07 Å². The van der Waals surface area contributed by atoms with Crippen molar-refractivity contribution in [2.75, 3.05) is 18.9 Å². The number of hydrogen-bond acceptors (Lipinski definition) is 3. The van der Waals surface area contributed by atoms with Crippen LogP contribution in [0, 0.1) is 6.92 Å². The number of hydrogen-bond donors (Lipinski definition) is 1. The smallest absolute Gasteiger partial charge is 0.145 e. The van der Waals surface area contributed by atoms with E-state index in [4.69, 9.17) is 15.2 Å². The molecule has 0 unspecified atom stereocenters. The summed E-state index contributed by atoms with van der Waals surface area (Å²) in [5.74, 6) is 0.763. The minimum Gasteiger partial charge on any atom is -0.483 e. The van der Waals surface area contributed by atoms with Gasteiger partial charge >= 0.3 is 0 Å². The maximum Gasteiger partial charge on any atom is 0.145 e. The van der Waals surface area contributed by atoms with Crippen LogP contribution < -0.4 is 10.5 Å². The van der Waals surface area contributed by atoms with Gasteiger partial charge in [0.25, 0.3) is 0 Å². The molecule has 1 fully saturated rings. The van der Waals surface area contributed by atoms with Gasteiger partial charge in [0.05, 0.1) is 18.9 Å². The average molecular weight is 179 g/mol. The van der Waals surface area contributed by atoms with E-state index < -0.39 is 0 Å². The summed E-state index contributed by atoms with van der Waals surface area (Å²) in [4.78, 5) is 0. The molecule has 0 aromatic heterocycles. The van der Waals surface area contributed by atoms with Crippen molar-refractivity contribution in [3.8, 4) is 5.75 Å². The van der Waals surface area contributed by atoms with Gasteiger partial charge in [-0.25, -0.2) is 0 Å². The third-order valence-corrected chi connectivity index (χ3v) is 2.07. The third kappa shape index (κ3) is 1.75. The molecule has 0 amide bonds. The zero-order valence-corrected chi connectivity index (χ0v) is 7.62. The Hall–Kier alpha value is -1.22. The Morgan fingerprint density at radius 1 is 1.46 bits per heavy atom. The van der Waals surface area contributed by atoms with Gasteiger partial charge in [0.1, 0.15) is 11.9 Å². The van der Waals surface area contributed by atoms with E-state index in [2.05, 4.69) is 0 Å². The topological polar surface area (TPSA) is 44.5 Å². The molecule has 1 aliphatic heterocycles. The summed E-state index contributed by atoms with van der Waals surface area (Å²) in [6.07, 6.45) is 0.185. The number of aryl methyl sites for hydroxylation is 1. The molecule has 1 aromatic carbocycles. The maximum absolute atomic E-state index is 5.78. The Labute approximate surface area is 77.5 Å². The van der Waals surface area contributed by atoms with E-state index in [1.807, 2.05) is 25.1 Å². The highest BCUT2D eigenvalue weighted by atomic mass is 16.6. The summed E-state index contributed by atoms with van der Waals surface area (Å²) in [5, 5.41) is 0. The van der Waals surface area contributed by atoms with Crippen molar-refractivity contribution in [2.24, 2.45) is 0 Å². The fraction of sp³-hybridized carbons (Fsp3) is 0.400. The van der Waals surface area contributed by atoms with E-state index in [9.17, 15) is 0 Å². The fourth-order valence-corrected chi connectivity index (χ4v) is 1.24. The van der Waals surface area contributed by atoms with Crippen molar-refractivity contribution < 1.29 is 9.47 Å². The Morgan fingerprint density at radius 2 is 2.23 bits per heavy atom. The van der Waals surface area contributed by atoms with Gasteiger partial charge < -0.3 is 15.2 Å². The number of nitrogens with two attached hydrogens (primary N) is 1. The van der Waals surface area contributed by atoms with Crippen LogP contribution in [0.2, 0.25) is 0 Å². The molecule has 1 heterocycles. The Kier molecular flexibility index (Phi) is 2.10. The van der Waals surface area contributed by atoms with E-state index in [0.29, 0.717) is 18.9 Å². The molecule has 1 aromatic rings. The van der Waals surface area contributed by atoms with Crippen LogP contribution in [0.3, 0.4) is 0 Å². The molecule has 1 saturated heterocycles. The fourth-order valence-electron chi connectivity index (χ4n) is 1.24. The lowest BCUT2D eigenvalue weighted by Crippen LogP contribution is -2.38. The van der Waals surface area contributed by atoms with Crippen molar-refractivity contribution in [2.45, 2.75) is 13.0 Å². The first-order valence-electron chi connectivity index (χ1n) is 4.36. The van der Waals surface area contributed by atoms with Crippen LogP contribution in [-0.4, -0.2) is 19.3 Å². The molecule has 0 saturated carbocycles. The molecule has 0 radical (unpaired) electrons. The number of benzene rings is 1. The van der Waals surface area contributed by atoms with Gasteiger partial charge in [-0.3, -0.25) is 0 Å². The molecule has 1 aliphatic rings. The highest BCUT2D eigenvalue weighted by molar-refractivity contribution is 5.54. The van der Waals surface area contributed by atoms with E-state index in [-0.39, 0.29) is 6.10 Å². The highest BCUT2D eigenvalue weighted by Gasteiger charge is 2.20. The van der Waals surface area contributed by atoms with E-state index in [0.717, 1.165) is 11.3 Å². The second-order valence-electron chi connectivity index (χ2n) is 3.32. The zero-order chi connectivity index (χ0) is 9.26. The van der Waals surface area contributed by atoms with Crippen LogP contribution >= 0.6 is 0 Å². The molecule has 3 heteroatoms. The zero-order valence-electron chi connectivity index (χ0n) is 7.62. The van der Waals surface area contributed by atoms with Crippen LogP contribution in [0.25, 0.3) is 0 Å². The number of nitrogen functional groups attached to an aromatic ring is 1. The Morgan fingerprint density at radius 3 is 2.77 bits per heavy atom. The van der Waals surface area contributed by atoms with Crippen LogP contribution in [0.4, 0.5) is 5.69 Å². The van der Waals surface area contributed by atoms with Crippen LogP contribution in [0.1, 0.15) is 5.56 Å². The van der Waals surface area contributed by atoms with Gasteiger partial charge in [-0.05, 0) is 24.6 Å². The normalized spacial score (nSPS) is 16.7. The molecule has 2 rings (SSSR count). The van der Waals surface area contributed by atoms with E-state index in [1.54, 1.807) is 0 Å². The van der Waals surface area contributed by atoms with Gasteiger partial charge in [0.15, 0.2) is 0 Å². The van der Waals surface area contributed by atoms with Crippen LogP contribution in [-0.2, 0) is 4.74 Å². The maximum atomic E-state index is 5.78. The first kappa shape index (κ1) is 8.38. The van der Waals surface area contributed by atoms with E-state index >= 15 is 0 Å². The number of anilines is 1. The van der Waals surface area contributed by atoms with Gasteiger partial charge in [-0.15, -0.1) is 0 Å². The largest absolute Gasteiger partial charge is 0.483 e. The monoisotopic (exact) mass is 179 g/mol. The number of ether oxygens (including phenoxy) is 2. The minimum absolute atomic E-state index is 0.185. The predicted molar refractivity (Wildman–Crippen MR) is 50.8 cm³/mol. The lowest BCUT2D eigenvalue weighted by Gasteiger charge is -2.27. The summed E-state index contributed by atoms with van der Waals surface area (Å²) in [6, 6.07) is 5.81. The van der Waals surface area contributed by atoms with Gasteiger partial charge in [0, 0.05) is 0 Å². The van der Waals surface area contributed by atoms with E-state index in [1.165, 1.54) is 0 Å². The molecule has 70 valence electrons. The predicted octanol–water partition coefficient (Wildman–Crippen LogP) is 1.35.